The van der Waals surface area contributed by atoms with Crippen LogP contribution in [-0.4, -0.2) is 5.78 Å². The molecule has 1 unspecified atom stereocenters. The van der Waals surface area contributed by atoms with Crippen LogP contribution in [0.25, 0.3) is 0 Å². The molecule has 3 heteroatoms. The van der Waals surface area contributed by atoms with Gasteiger partial charge in [-0.2, -0.15) is 0 Å². The van der Waals surface area contributed by atoms with Crippen LogP contribution in [0, 0.1) is 0 Å². The summed E-state index contributed by atoms with van der Waals surface area (Å²) in [5.41, 5.74) is 4.60. The van der Waals surface area contributed by atoms with Crippen LogP contribution in [-0.2, 0) is 0 Å². The number of benzene rings is 3. The molecule has 25 heavy (non-hydrogen) atoms. The molecule has 1 aliphatic rings. The molecule has 0 heterocycles. The zero-order valence-corrected chi connectivity index (χ0v) is 14.2. The van der Waals surface area contributed by atoms with Crippen molar-refractivity contribution < 1.29 is 4.79 Å². The molecule has 3 aromatic rings. The maximum absolute atomic E-state index is 12.9. The fourth-order valence-corrected chi connectivity index (χ4v) is 3.40. The first-order chi connectivity index (χ1) is 12.2. The van der Waals surface area contributed by atoms with Gasteiger partial charge in [-0.05, 0) is 35.4 Å². The molecule has 2 nitrogen and oxygen atoms in total. The number of fused-ring (bicyclic) bond motifs is 1. The molecule has 1 N–H and O–H groups in total. The number of ketones is 1. The first kappa shape index (κ1) is 15.7. The second-order valence-electron chi connectivity index (χ2n) is 6.01. The number of hydrogen-bond donors (Lipinski definition) is 1. The number of carbonyl (C=O) groups excluding carboxylic acids is 1. The Bertz CT molecular complexity index is 945. The van der Waals surface area contributed by atoms with Gasteiger partial charge in [0, 0.05) is 34.0 Å². The molecular formula is C22H16ClNO. The van der Waals surface area contributed by atoms with Crippen LogP contribution in [0.2, 0.25) is 5.02 Å². The summed E-state index contributed by atoms with van der Waals surface area (Å²) in [6.07, 6.45) is 1.82. The summed E-state index contributed by atoms with van der Waals surface area (Å²) < 4.78 is 0. The van der Waals surface area contributed by atoms with Crippen molar-refractivity contribution in [3.05, 3.63) is 112 Å². The van der Waals surface area contributed by atoms with Crippen LogP contribution < -0.4 is 5.32 Å². The molecule has 1 atom stereocenters. The number of carbonyl (C=O) groups is 1. The Labute approximate surface area is 151 Å². The van der Waals surface area contributed by atoms with Crippen LogP contribution >= 0.6 is 11.6 Å². The number of halogens is 1. The van der Waals surface area contributed by atoms with E-state index in [4.69, 9.17) is 11.6 Å². The lowest BCUT2D eigenvalue weighted by Crippen LogP contribution is -2.05. The van der Waals surface area contributed by atoms with Crippen molar-refractivity contribution >= 4 is 23.1 Å². The Morgan fingerprint density at radius 2 is 1.52 bits per heavy atom. The van der Waals surface area contributed by atoms with E-state index in [9.17, 15) is 4.79 Å². The molecule has 3 aromatic carbocycles. The van der Waals surface area contributed by atoms with Gasteiger partial charge in [0.15, 0.2) is 5.78 Å². The van der Waals surface area contributed by atoms with Crippen molar-refractivity contribution in [1.82, 2.24) is 0 Å². The predicted octanol–water partition coefficient (Wildman–Crippen LogP) is 5.66. The van der Waals surface area contributed by atoms with Gasteiger partial charge >= 0.3 is 0 Å². The van der Waals surface area contributed by atoms with Crippen molar-refractivity contribution in [3.8, 4) is 0 Å². The second-order valence-corrected chi connectivity index (χ2v) is 6.45. The van der Waals surface area contributed by atoms with Crippen molar-refractivity contribution in [2.24, 2.45) is 0 Å². The molecule has 0 saturated carbocycles. The SMILES string of the molecule is O=C1C(=CNc2ccc(Cl)cc2)C(c2ccccc2)c2ccccc21. The second kappa shape index (κ2) is 6.58. The van der Waals surface area contributed by atoms with Crippen LogP contribution in [0.15, 0.2) is 90.6 Å². The molecule has 0 saturated heterocycles. The number of Topliss-reactive ketones (excluding diaryl/α,β-unsaturated/α-hetero) is 1. The molecule has 0 spiro atoms. The Kier molecular flexibility index (Phi) is 4.12. The molecule has 4 rings (SSSR count). The highest BCUT2D eigenvalue weighted by Gasteiger charge is 2.35. The van der Waals surface area contributed by atoms with E-state index < -0.39 is 0 Å². The lowest BCUT2D eigenvalue weighted by molar-refractivity contribution is 0.103. The zero-order chi connectivity index (χ0) is 17.2. The third-order valence-corrected chi connectivity index (χ3v) is 4.71. The lowest BCUT2D eigenvalue weighted by atomic mass is 9.90. The molecule has 0 fully saturated rings. The first-order valence-corrected chi connectivity index (χ1v) is 8.52. The number of anilines is 1. The van der Waals surface area contributed by atoms with Gasteiger partial charge in [0.25, 0.3) is 0 Å². The van der Waals surface area contributed by atoms with Gasteiger partial charge in [-0.3, -0.25) is 4.79 Å². The summed E-state index contributed by atoms with van der Waals surface area (Å²) in [7, 11) is 0. The third kappa shape index (κ3) is 2.97. The molecule has 0 aliphatic heterocycles. The van der Waals surface area contributed by atoms with Crippen LogP contribution in [0.1, 0.15) is 27.4 Å². The summed E-state index contributed by atoms with van der Waals surface area (Å²) >= 11 is 5.93. The van der Waals surface area contributed by atoms with Crippen molar-refractivity contribution in [2.45, 2.75) is 5.92 Å². The van der Waals surface area contributed by atoms with Crippen molar-refractivity contribution in [2.75, 3.05) is 5.32 Å². The highest BCUT2D eigenvalue weighted by atomic mass is 35.5. The highest BCUT2D eigenvalue weighted by Crippen LogP contribution is 2.41. The maximum Gasteiger partial charge on any atom is 0.191 e. The van der Waals surface area contributed by atoms with E-state index >= 15 is 0 Å². The van der Waals surface area contributed by atoms with E-state index in [1.54, 1.807) is 0 Å². The van der Waals surface area contributed by atoms with Gasteiger partial charge in [0.2, 0.25) is 0 Å². The fraction of sp³-hybridized carbons (Fsp3) is 0.0455. The first-order valence-electron chi connectivity index (χ1n) is 8.15. The van der Waals surface area contributed by atoms with Gasteiger partial charge in [0.05, 0.1) is 0 Å². The predicted molar refractivity (Wildman–Crippen MR) is 102 cm³/mol. The summed E-state index contributed by atoms with van der Waals surface area (Å²) in [6, 6.07) is 25.4. The largest absolute Gasteiger partial charge is 0.361 e. The molecule has 0 radical (unpaired) electrons. The molecule has 1 aliphatic carbocycles. The maximum atomic E-state index is 12.9. The zero-order valence-electron chi connectivity index (χ0n) is 13.4. The average molecular weight is 346 g/mol. The number of hydrogen-bond acceptors (Lipinski definition) is 2. The van der Waals surface area contributed by atoms with Gasteiger partial charge in [-0.25, -0.2) is 0 Å². The minimum Gasteiger partial charge on any atom is -0.361 e. The topological polar surface area (TPSA) is 29.1 Å². The third-order valence-electron chi connectivity index (χ3n) is 4.46. The van der Waals surface area contributed by atoms with Gasteiger partial charge in [0.1, 0.15) is 0 Å². The average Bonchev–Trinajstić information content (AvgIpc) is 2.94. The summed E-state index contributed by atoms with van der Waals surface area (Å²) in [5.74, 6) is 0.0237. The monoisotopic (exact) mass is 345 g/mol. The Morgan fingerprint density at radius 1 is 0.840 bits per heavy atom. The van der Waals surface area contributed by atoms with Gasteiger partial charge in [-0.1, -0.05) is 66.2 Å². The van der Waals surface area contributed by atoms with E-state index in [-0.39, 0.29) is 11.7 Å². The van der Waals surface area contributed by atoms with Crippen LogP contribution in [0.5, 0.6) is 0 Å². The smallest absolute Gasteiger partial charge is 0.191 e. The van der Waals surface area contributed by atoms with Crippen LogP contribution in [0.3, 0.4) is 0 Å². The van der Waals surface area contributed by atoms with E-state index in [1.807, 2.05) is 72.9 Å². The minimum atomic E-state index is -0.0512. The van der Waals surface area contributed by atoms with Crippen molar-refractivity contribution in [1.29, 1.82) is 0 Å². The quantitative estimate of drug-likeness (QED) is 0.620. The number of nitrogens with one attached hydrogen (secondary N) is 1. The summed E-state index contributed by atoms with van der Waals surface area (Å²) in [5, 5.41) is 3.92. The van der Waals surface area contributed by atoms with E-state index in [0.717, 1.165) is 28.0 Å². The Hall–Kier alpha value is -2.84. The summed E-state index contributed by atoms with van der Waals surface area (Å²) in [6.45, 7) is 0. The minimum absolute atomic E-state index is 0.0512. The van der Waals surface area contributed by atoms with Gasteiger partial charge < -0.3 is 5.32 Å². The standard InChI is InChI=1S/C22H16ClNO/c23-16-10-12-17(13-11-16)24-14-20-21(15-6-2-1-3-7-15)18-8-4-5-9-19(18)22(20)25/h1-14,21,24H. The fourth-order valence-electron chi connectivity index (χ4n) is 3.27. The number of rotatable bonds is 3. The van der Waals surface area contributed by atoms with E-state index in [2.05, 4.69) is 17.4 Å². The number of allylic oxidation sites excluding steroid dienone is 1. The van der Waals surface area contributed by atoms with E-state index in [1.165, 1.54) is 0 Å². The highest BCUT2D eigenvalue weighted by molar-refractivity contribution is 6.30. The molecular weight excluding hydrogens is 330 g/mol. The lowest BCUT2D eigenvalue weighted by Gasteiger charge is -2.14. The Balaban J connectivity index is 1.76. The normalized spacial score (nSPS) is 17.6. The van der Waals surface area contributed by atoms with Crippen molar-refractivity contribution in [3.63, 3.8) is 0 Å². The van der Waals surface area contributed by atoms with E-state index in [0.29, 0.717) is 5.02 Å². The molecule has 0 amide bonds. The molecule has 122 valence electrons. The van der Waals surface area contributed by atoms with Crippen LogP contribution in [0.4, 0.5) is 5.69 Å². The Morgan fingerprint density at radius 3 is 2.28 bits per heavy atom. The molecule has 0 aromatic heterocycles. The molecule has 0 bridgehead atoms. The summed E-state index contributed by atoms with van der Waals surface area (Å²) in [4.78, 5) is 12.9. The van der Waals surface area contributed by atoms with Gasteiger partial charge in [-0.15, -0.1) is 0 Å².